The number of hydrogen-bond acceptors (Lipinski definition) is 2. The first kappa shape index (κ1) is 14.0. The molecule has 4 unspecified atom stereocenters. The molecule has 2 fully saturated rings. The molecule has 20 heavy (non-hydrogen) atoms. The highest BCUT2D eigenvalue weighted by Crippen LogP contribution is 2.41. The molecule has 0 radical (unpaired) electrons. The van der Waals surface area contributed by atoms with Crippen LogP contribution in [0.1, 0.15) is 38.2 Å². The van der Waals surface area contributed by atoms with Gasteiger partial charge in [0, 0.05) is 12.0 Å². The summed E-state index contributed by atoms with van der Waals surface area (Å²) >= 11 is 0. The van der Waals surface area contributed by atoms with Crippen LogP contribution >= 0.6 is 0 Å². The second-order valence-electron chi connectivity index (χ2n) is 6.17. The molecule has 2 heterocycles. The largest absolute Gasteiger partial charge is 0.375 e. The van der Waals surface area contributed by atoms with E-state index in [1.165, 1.54) is 25.3 Å². The highest BCUT2D eigenvalue weighted by molar-refractivity contribution is 5.18. The van der Waals surface area contributed by atoms with Crippen molar-refractivity contribution in [3.05, 3.63) is 35.6 Å². The lowest BCUT2D eigenvalue weighted by Gasteiger charge is -2.29. The van der Waals surface area contributed by atoms with E-state index >= 15 is 0 Å². The van der Waals surface area contributed by atoms with E-state index in [2.05, 4.69) is 12.2 Å². The summed E-state index contributed by atoms with van der Waals surface area (Å²) in [4.78, 5) is 0. The molecule has 2 bridgehead atoms. The van der Waals surface area contributed by atoms with Crippen LogP contribution < -0.4 is 5.32 Å². The van der Waals surface area contributed by atoms with Gasteiger partial charge in [0.25, 0.3) is 0 Å². The summed E-state index contributed by atoms with van der Waals surface area (Å²) in [5.41, 5.74) is 1.08. The molecular weight excluding hydrogens is 253 g/mol. The fourth-order valence-electron chi connectivity index (χ4n) is 3.72. The van der Waals surface area contributed by atoms with E-state index in [9.17, 15) is 4.39 Å². The maximum absolute atomic E-state index is 13.4. The van der Waals surface area contributed by atoms with Gasteiger partial charge in [-0.05, 0) is 56.3 Å². The molecule has 2 aliphatic heterocycles. The molecule has 1 aromatic carbocycles. The average molecular weight is 277 g/mol. The number of benzene rings is 1. The quantitative estimate of drug-likeness (QED) is 0.861. The van der Waals surface area contributed by atoms with Crippen LogP contribution in [0.15, 0.2) is 24.3 Å². The second-order valence-corrected chi connectivity index (χ2v) is 6.17. The Bertz CT molecular complexity index is 450. The van der Waals surface area contributed by atoms with Gasteiger partial charge >= 0.3 is 0 Å². The Labute approximate surface area is 120 Å². The third-order valence-corrected chi connectivity index (χ3v) is 4.67. The molecule has 2 aliphatic rings. The number of nitrogens with one attached hydrogen (secondary N) is 1. The van der Waals surface area contributed by atoms with Crippen molar-refractivity contribution in [3.63, 3.8) is 0 Å². The molecule has 2 nitrogen and oxygen atoms in total. The standard InChI is InChI=1S/C17H24FNO/c1-2-8-19-16(10-12-4-3-5-13(18)9-12)15-11-14-6-7-17(15)20-14/h3-5,9,14-17,19H,2,6-8,10-11H2,1H3. The molecule has 110 valence electrons. The zero-order valence-electron chi connectivity index (χ0n) is 12.1. The van der Waals surface area contributed by atoms with Crippen molar-refractivity contribution >= 4 is 0 Å². The first-order chi connectivity index (χ1) is 9.76. The van der Waals surface area contributed by atoms with Crippen molar-refractivity contribution < 1.29 is 9.13 Å². The molecule has 1 aromatic rings. The topological polar surface area (TPSA) is 21.3 Å². The number of halogens is 1. The highest BCUT2D eigenvalue weighted by Gasteiger charge is 2.44. The minimum absolute atomic E-state index is 0.138. The summed E-state index contributed by atoms with van der Waals surface area (Å²) in [6.07, 6.45) is 6.51. The van der Waals surface area contributed by atoms with Crippen molar-refractivity contribution in [2.75, 3.05) is 6.54 Å². The van der Waals surface area contributed by atoms with E-state index < -0.39 is 0 Å². The summed E-state index contributed by atoms with van der Waals surface area (Å²) in [5, 5.41) is 3.66. The fraction of sp³-hybridized carbons (Fsp3) is 0.647. The van der Waals surface area contributed by atoms with Crippen LogP contribution in [0.4, 0.5) is 4.39 Å². The first-order valence-electron chi connectivity index (χ1n) is 7.89. The van der Waals surface area contributed by atoms with E-state index in [0.717, 1.165) is 24.9 Å². The Morgan fingerprint density at radius 3 is 2.95 bits per heavy atom. The second kappa shape index (κ2) is 6.23. The SMILES string of the molecule is CCCNC(Cc1cccc(F)c1)C1CC2CCC1O2. The van der Waals surface area contributed by atoms with E-state index in [4.69, 9.17) is 4.74 Å². The van der Waals surface area contributed by atoms with Crippen LogP contribution in [-0.2, 0) is 11.2 Å². The van der Waals surface area contributed by atoms with Crippen LogP contribution in [0.25, 0.3) is 0 Å². The van der Waals surface area contributed by atoms with Gasteiger partial charge in [0.15, 0.2) is 0 Å². The Balaban J connectivity index is 1.69. The molecule has 1 N–H and O–H groups in total. The van der Waals surface area contributed by atoms with Gasteiger partial charge in [-0.1, -0.05) is 19.1 Å². The molecular formula is C17H24FNO. The summed E-state index contributed by atoms with van der Waals surface area (Å²) in [6, 6.07) is 7.41. The van der Waals surface area contributed by atoms with Gasteiger partial charge in [0.2, 0.25) is 0 Å². The van der Waals surface area contributed by atoms with E-state index in [1.54, 1.807) is 12.1 Å². The summed E-state index contributed by atoms with van der Waals surface area (Å²) in [5.74, 6) is 0.449. The van der Waals surface area contributed by atoms with E-state index in [0.29, 0.717) is 24.2 Å². The molecule has 0 aliphatic carbocycles. The van der Waals surface area contributed by atoms with Crippen molar-refractivity contribution in [2.24, 2.45) is 5.92 Å². The predicted molar refractivity (Wildman–Crippen MR) is 78.2 cm³/mol. The average Bonchev–Trinajstić information content (AvgIpc) is 3.06. The molecule has 0 saturated carbocycles. The van der Waals surface area contributed by atoms with Gasteiger partial charge in [-0.2, -0.15) is 0 Å². The number of hydrogen-bond donors (Lipinski definition) is 1. The normalized spacial score (nSPS) is 29.8. The van der Waals surface area contributed by atoms with Crippen LogP contribution in [0.5, 0.6) is 0 Å². The van der Waals surface area contributed by atoms with Gasteiger partial charge in [-0.15, -0.1) is 0 Å². The monoisotopic (exact) mass is 277 g/mol. The Kier molecular flexibility index (Phi) is 4.37. The van der Waals surface area contributed by atoms with E-state index in [-0.39, 0.29) is 5.82 Å². The third-order valence-electron chi connectivity index (χ3n) is 4.67. The van der Waals surface area contributed by atoms with Gasteiger partial charge in [-0.3, -0.25) is 0 Å². The summed E-state index contributed by atoms with van der Waals surface area (Å²) in [6.45, 7) is 3.21. The first-order valence-corrected chi connectivity index (χ1v) is 7.89. The maximum Gasteiger partial charge on any atom is 0.123 e. The lowest BCUT2D eigenvalue weighted by atomic mass is 9.81. The number of rotatable bonds is 6. The molecule has 3 heteroatoms. The third kappa shape index (κ3) is 3.04. The van der Waals surface area contributed by atoms with Crippen LogP contribution in [0.2, 0.25) is 0 Å². The Morgan fingerprint density at radius 1 is 1.40 bits per heavy atom. The zero-order chi connectivity index (χ0) is 13.9. The predicted octanol–water partition coefficient (Wildman–Crippen LogP) is 3.30. The fourth-order valence-corrected chi connectivity index (χ4v) is 3.72. The van der Waals surface area contributed by atoms with Gasteiger partial charge in [0.05, 0.1) is 12.2 Å². The van der Waals surface area contributed by atoms with Crippen molar-refractivity contribution in [1.29, 1.82) is 0 Å². The minimum Gasteiger partial charge on any atom is -0.375 e. The van der Waals surface area contributed by atoms with Gasteiger partial charge in [0.1, 0.15) is 5.82 Å². The molecule has 3 rings (SSSR count). The Hall–Kier alpha value is -0.930. The lowest BCUT2D eigenvalue weighted by molar-refractivity contribution is 0.0857. The molecule has 4 atom stereocenters. The number of ether oxygens (including phenoxy) is 1. The molecule has 0 spiro atoms. The smallest absolute Gasteiger partial charge is 0.123 e. The van der Waals surface area contributed by atoms with E-state index in [1.807, 2.05) is 6.07 Å². The van der Waals surface area contributed by atoms with Crippen LogP contribution in [0.3, 0.4) is 0 Å². The zero-order valence-corrected chi connectivity index (χ0v) is 12.1. The molecule has 0 aromatic heterocycles. The van der Waals surface area contributed by atoms with Gasteiger partial charge < -0.3 is 10.1 Å². The van der Waals surface area contributed by atoms with Gasteiger partial charge in [-0.25, -0.2) is 4.39 Å². The van der Waals surface area contributed by atoms with Crippen molar-refractivity contribution in [1.82, 2.24) is 5.32 Å². The van der Waals surface area contributed by atoms with Crippen molar-refractivity contribution in [3.8, 4) is 0 Å². The Morgan fingerprint density at radius 2 is 2.30 bits per heavy atom. The summed E-state index contributed by atoms with van der Waals surface area (Å²) in [7, 11) is 0. The van der Waals surface area contributed by atoms with Crippen LogP contribution in [0, 0.1) is 11.7 Å². The maximum atomic E-state index is 13.4. The van der Waals surface area contributed by atoms with Crippen LogP contribution in [-0.4, -0.2) is 24.8 Å². The minimum atomic E-state index is -0.138. The summed E-state index contributed by atoms with van der Waals surface area (Å²) < 4.78 is 19.3. The number of fused-ring (bicyclic) bond motifs is 2. The molecule has 0 amide bonds. The lowest BCUT2D eigenvalue weighted by Crippen LogP contribution is -2.42. The highest BCUT2D eigenvalue weighted by atomic mass is 19.1. The van der Waals surface area contributed by atoms with Crippen molar-refractivity contribution in [2.45, 2.75) is 57.3 Å². The molecule has 2 saturated heterocycles.